The van der Waals surface area contributed by atoms with Crippen LogP contribution < -0.4 is 10.1 Å². The molecule has 0 aliphatic heterocycles. The lowest BCUT2D eigenvalue weighted by Crippen LogP contribution is -2.21. The second kappa shape index (κ2) is 8.09. The molecule has 8 heteroatoms. The van der Waals surface area contributed by atoms with E-state index < -0.39 is 18.5 Å². The maximum Gasteiger partial charge on any atom is 0.342 e. The SMILES string of the molecule is COc1ccc(O)c(C(=O)OCC(=O)Nc2c(Cl)ccc(C)c2Cl)c1. The zero-order valence-corrected chi connectivity index (χ0v) is 14.9. The average Bonchev–Trinajstić information content (AvgIpc) is 2.60. The summed E-state index contributed by atoms with van der Waals surface area (Å²) >= 11 is 12.1. The minimum atomic E-state index is -0.868. The number of halogens is 2. The van der Waals surface area contributed by atoms with Gasteiger partial charge in [0.15, 0.2) is 6.61 Å². The van der Waals surface area contributed by atoms with Crippen LogP contribution in [-0.2, 0) is 9.53 Å². The van der Waals surface area contributed by atoms with E-state index in [-0.39, 0.29) is 22.0 Å². The number of ether oxygens (including phenoxy) is 2. The van der Waals surface area contributed by atoms with Gasteiger partial charge in [0.05, 0.1) is 22.8 Å². The lowest BCUT2D eigenvalue weighted by atomic mass is 10.2. The van der Waals surface area contributed by atoms with Gasteiger partial charge in [0, 0.05) is 0 Å². The predicted molar refractivity (Wildman–Crippen MR) is 94.8 cm³/mol. The number of phenolic OH excluding ortho intramolecular Hbond substituents is 1. The minimum Gasteiger partial charge on any atom is -0.507 e. The third-order valence-corrected chi connectivity index (χ3v) is 4.11. The fourth-order valence-corrected chi connectivity index (χ4v) is 2.43. The van der Waals surface area contributed by atoms with Crippen molar-refractivity contribution < 1.29 is 24.2 Å². The fourth-order valence-electron chi connectivity index (χ4n) is 1.96. The van der Waals surface area contributed by atoms with Crippen LogP contribution >= 0.6 is 23.2 Å². The molecule has 132 valence electrons. The summed E-state index contributed by atoms with van der Waals surface area (Å²) in [6.07, 6.45) is 0. The Morgan fingerprint density at radius 3 is 2.60 bits per heavy atom. The highest BCUT2D eigenvalue weighted by molar-refractivity contribution is 6.40. The molecule has 2 rings (SSSR count). The quantitative estimate of drug-likeness (QED) is 0.766. The molecule has 0 atom stereocenters. The normalized spacial score (nSPS) is 10.2. The zero-order valence-electron chi connectivity index (χ0n) is 13.4. The van der Waals surface area contributed by atoms with Crippen molar-refractivity contribution in [1.82, 2.24) is 0 Å². The van der Waals surface area contributed by atoms with Crippen molar-refractivity contribution in [3.8, 4) is 11.5 Å². The molecular formula is C17H15Cl2NO5. The number of hydrogen-bond donors (Lipinski definition) is 2. The smallest absolute Gasteiger partial charge is 0.342 e. The van der Waals surface area contributed by atoms with Gasteiger partial charge >= 0.3 is 5.97 Å². The summed E-state index contributed by atoms with van der Waals surface area (Å²) in [5, 5.41) is 12.8. The van der Waals surface area contributed by atoms with Gasteiger partial charge in [-0.25, -0.2) is 4.79 Å². The molecule has 0 unspecified atom stereocenters. The van der Waals surface area contributed by atoms with Gasteiger partial charge in [-0.1, -0.05) is 29.3 Å². The summed E-state index contributed by atoms with van der Waals surface area (Å²) in [6, 6.07) is 7.40. The van der Waals surface area contributed by atoms with Gasteiger partial charge in [-0.15, -0.1) is 0 Å². The van der Waals surface area contributed by atoms with Crippen LogP contribution in [0.1, 0.15) is 15.9 Å². The van der Waals surface area contributed by atoms with Crippen LogP contribution in [0.2, 0.25) is 10.0 Å². The van der Waals surface area contributed by atoms with Gasteiger partial charge in [0.2, 0.25) is 0 Å². The zero-order chi connectivity index (χ0) is 18.6. The van der Waals surface area contributed by atoms with E-state index >= 15 is 0 Å². The molecule has 25 heavy (non-hydrogen) atoms. The number of nitrogens with one attached hydrogen (secondary N) is 1. The Kier molecular flexibility index (Phi) is 6.12. The molecule has 0 radical (unpaired) electrons. The minimum absolute atomic E-state index is 0.112. The Bertz CT molecular complexity index is 823. The van der Waals surface area contributed by atoms with E-state index in [1.165, 1.54) is 25.3 Å². The van der Waals surface area contributed by atoms with E-state index in [4.69, 9.17) is 32.7 Å². The van der Waals surface area contributed by atoms with Crippen molar-refractivity contribution >= 4 is 40.8 Å². The van der Waals surface area contributed by atoms with E-state index in [2.05, 4.69) is 5.32 Å². The van der Waals surface area contributed by atoms with Crippen LogP contribution in [0.3, 0.4) is 0 Å². The monoisotopic (exact) mass is 383 g/mol. The molecule has 2 aromatic rings. The van der Waals surface area contributed by atoms with Crippen LogP contribution in [0.15, 0.2) is 30.3 Å². The van der Waals surface area contributed by atoms with Crippen LogP contribution in [0, 0.1) is 6.92 Å². The molecule has 6 nitrogen and oxygen atoms in total. The molecule has 0 spiro atoms. The molecule has 0 aliphatic rings. The van der Waals surface area contributed by atoms with E-state index in [1.807, 2.05) is 0 Å². The Morgan fingerprint density at radius 2 is 1.92 bits per heavy atom. The number of anilines is 1. The molecule has 2 aromatic carbocycles. The number of phenols is 1. The fraction of sp³-hybridized carbons (Fsp3) is 0.176. The topological polar surface area (TPSA) is 84.9 Å². The lowest BCUT2D eigenvalue weighted by molar-refractivity contribution is -0.119. The van der Waals surface area contributed by atoms with Crippen molar-refractivity contribution in [2.24, 2.45) is 0 Å². The molecule has 0 bridgehead atoms. The summed E-state index contributed by atoms with van der Waals surface area (Å²) in [4.78, 5) is 24.0. The third-order valence-electron chi connectivity index (χ3n) is 3.31. The molecule has 0 saturated heterocycles. The Balaban J connectivity index is 2.03. The van der Waals surface area contributed by atoms with E-state index in [1.54, 1.807) is 19.1 Å². The van der Waals surface area contributed by atoms with Crippen molar-refractivity contribution in [3.05, 3.63) is 51.5 Å². The number of methoxy groups -OCH3 is 1. The number of carbonyl (C=O) groups is 2. The second-order valence-corrected chi connectivity index (χ2v) is 5.85. The van der Waals surface area contributed by atoms with Crippen molar-refractivity contribution in [1.29, 1.82) is 0 Å². The summed E-state index contributed by atoms with van der Waals surface area (Å²) in [7, 11) is 1.42. The summed E-state index contributed by atoms with van der Waals surface area (Å²) < 4.78 is 9.87. The molecule has 0 aliphatic carbocycles. The Labute approximate surface area is 154 Å². The molecule has 0 heterocycles. The van der Waals surface area contributed by atoms with Crippen molar-refractivity contribution in [3.63, 3.8) is 0 Å². The number of amides is 1. The van der Waals surface area contributed by atoms with Gasteiger partial charge in [-0.3, -0.25) is 4.79 Å². The molecule has 1 amide bonds. The number of carbonyl (C=O) groups excluding carboxylic acids is 2. The molecule has 2 N–H and O–H groups in total. The number of rotatable bonds is 5. The van der Waals surface area contributed by atoms with Gasteiger partial charge in [0.1, 0.15) is 17.1 Å². The van der Waals surface area contributed by atoms with Gasteiger partial charge in [-0.2, -0.15) is 0 Å². The first-order valence-corrected chi connectivity index (χ1v) is 7.87. The maximum atomic E-state index is 12.0. The number of aromatic hydroxyl groups is 1. The van der Waals surface area contributed by atoms with Crippen LogP contribution in [-0.4, -0.2) is 30.7 Å². The highest BCUT2D eigenvalue weighted by atomic mass is 35.5. The maximum absolute atomic E-state index is 12.0. The summed E-state index contributed by atoms with van der Waals surface area (Å²) in [5.41, 5.74) is 0.868. The highest BCUT2D eigenvalue weighted by Gasteiger charge is 2.17. The van der Waals surface area contributed by atoms with Crippen LogP contribution in [0.4, 0.5) is 5.69 Å². The van der Waals surface area contributed by atoms with Gasteiger partial charge < -0.3 is 19.9 Å². The average molecular weight is 384 g/mol. The standard InChI is InChI=1S/C17H15Cl2NO5/c1-9-3-5-12(18)16(15(9)19)20-14(22)8-25-17(23)11-7-10(24-2)4-6-13(11)21/h3-7,21H,8H2,1-2H3,(H,20,22). The molecule has 0 aromatic heterocycles. The Morgan fingerprint density at radius 1 is 1.20 bits per heavy atom. The molecular weight excluding hydrogens is 369 g/mol. The van der Waals surface area contributed by atoms with E-state index in [9.17, 15) is 14.7 Å². The largest absolute Gasteiger partial charge is 0.507 e. The second-order valence-electron chi connectivity index (χ2n) is 5.06. The molecule has 0 saturated carbocycles. The van der Waals surface area contributed by atoms with Crippen molar-refractivity contribution in [2.45, 2.75) is 6.92 Å². The van der Waals surface area contributed by atoms with Crippen LogP contribution in [0.5, 0.6) is 11.5 Å². The number of aryl methyl sites for hydroxylation is 1. The number of esters is 1. The Hall–Kier alpha value is -2.44. The van der Waals surface area contributed by atoms with Crippen molar-refractivity contribution in [2.75, 3.05) is 19.0 Å². The number of hydrogen-bond acceptors (Lipinski definition) is 5. The van der Waals surface area contributed by atoms with E-state index in [0.29, 0.717) is 10.8 Å². The third kappa shape index (κ3) is 4.55. The predicted octanol–water partition coefficient (Wildman–Crippen LogP) is 3.81. The summed E-state index contributed by atoms with van der Waals surface area (Å²) in [6.45, 7) is 1.19. The first kappa shape index (κ1) is 18.9. The summed E-state index contributed by atoms with van der Waals surface area (Å²) in [5.74, 6) is -1.40. The first-order chi connectivity index (χ1) is 11.8. The lowest BCUT2D eigenvalue weighted by Gasteiger charge is -2.12. The first-order valence-electron chi connectivity index (χ1n) is 7.12. The van der Waals surface area contributed by atoms with E-state index in [0.717, 1.165) is 5.56 Å². The highest BCUT2D eigenvalue weighted by Crippen LogP contribution is 2.32. The van der Waals surface area contributed by atoms with Gasteiger partial charge in [0.25, 0.3) is 5.91 Å². The van der Waals surface area contributed by atoms with Gasteiger partial charge in [-0.05, 0) is 36.8 Å². The number of benzene rings is 2. The molecule has 0 fully saturated rings. The van der Waals surface area contributed by atoms with Crippen LogP contribution in [0.25, 0.3) is 0 Å².